The Morgan fingerprint density at radius 2 is 2.29 bits per heavy atom. The molecule has 0 radical (unpaired) electrons. The highest BCUT2D eigenvalue weighted by atomic mass is 16.2. The van der Waals surface area contributed by atoms with E-state index in [4.69, 9.17) is 0 Å². The van der Waals surface area contributed by atoms with Crippen LogP contribution in [0.4, 0.5) is 4.79 Å². The second kappa shape index (κ2) is 5.89. The van der Waals surface area contributed by atoms with Crippen LogP contribution in [-0.2, 0) is 0 Å². The summed E-state index contributed by atoms with van der Waals surface area (Å²) < 4.78 is 0. The van der Waals surface area contributed by atoms with E-state index in [0.29, 0.717) is 0 Å². The summed E-state index contributed by atoms with van der Waals surface area (Å²) in [5.41, 5.74) is 0. The minimum absolute atomic E-state index is 0.134. The molecule has 1 unspecified atom stereocenters. The van der Waals surface area contributed by atoms with Crippen LogP contribution in [0.25, 0.3) is 0 Å². The molecule has 14 heavy (non-hydrogen) atoms. The molecule has 82 valence electrons. The predicted octanol–water partition coefficient (Wildman–Crippen LogP) is 2.23. The van der Waals surface area contributed by atoms with E-state index in [1.54, 1.807) is 0 Å². The van der Waals surface area contributed by atoms with Gasteiger partial charge in [0, 0.05) is 19.6 Å². The molecule has 0 aromatic carbocycles. The van der Waals surface area contributed by atoms with Crippen molar-refractivity contribution in [3.63, 3.8) is 0 Å². The van der Waals surface area contributed by atoms with Crippen molar-refractivity contribution < 1.29 is 4.79 Å². The third kappa shape index (κ3) is 3.20. The van der Waals surface area contributed by atoms with Gasteiger partial charge in [-0.2, -0.15) is 0 Å². The molecular formula is C11H22N2O. The maximum absolute atomic E-state index is 11.6. The molecule has 1 saturated heterocycles. The van der Waals surface area contributed by atoms with E-state index >= 15 is 0 Å². The molecule has 1 atom stereocenters. The summed E-state index contributed by atoms with van der Waals surface area (Å²) in [6.45, 7) is 7.05. The van der Waals surface area contributed by atoms with Crippen LogP contribution >= 0.6 is 0 Å². The van der Waals surface area contributed by atoms with E-state index < -0.39 is 0 Å². The van der Waals surface area contributed by atoms with Gasteiger partial charge in [0.2, 0.25) is 0 Å². The fourth-order valence-corrected chi connectivity index (χ4v) is 1.83. The van der Waals surface area contributed by atoms with Gasteiger partial charge in [-0.05, 0) is 18.8 Å². The van der Waals surface area contributed by atoms with Crippen molar-refractivity contribution in [1.82, 2.24) is 10.2 Å². The third-order valence-corrected chi connectivity index (χ3v) is 2.96. The van der Waals surface area contributed by atoms with Gasteiger partial charge in [-0.15, -0.1) is 0 Å². The van der Waals surface area contributed by atoms with Gasteiger partial charge in [0.15, 0.2) is 0 Å². The van der Waals surface area contributed by atoms with Gasteiger partial charge < -0.3 is 10.2 Å². The lowest BCUT2D eigenvalue weighted by molar-refractivity contribution is 0.207. The number of amides is 2. The summed E-state index contributed by atoms with van der Waals surface area (Å²) >= 11 is 0. The molecule has 0 aromatic heterocycles. The van der Waals surface area contributed by atoms with Crippen LogP contribution < -0.4 is 5.32 Å². The zero-order valence-electron chi connectivity index (χ0n) is 9.38. The first-order chi connectivity index (χ1) is 6.77. The van der Waals surface area contributed by atoms with E-state index in [1.165, 1.54) is 12.8 Å². The Hall–Kier alpha value is -0.730. The second-order valence-corrected chi connectivity index (χ2v) is 4.09. The highest BCUT2D eigenvalue weighted by molar-refractivity contribution is 5.74. The SMILES string of the molecule is CCCCNC(=O)N1CCC(CC)C1. The minimum atomic E-state index is 0.134. The Labute approximate surface area is 86.9 Å². The minimum Gasteiger partial charge on any atom is -0.338 e. The molecule has 1 heterocycles. The number of unbranched alkanes of at least 4 members (excludes halogenated alkanes) is 1. The summed E-state index contributed by atoms with van der Waals surface area (Å²) in [6.07, 6.45) is 4.59. The van der Waals surface area contributed by atoms with Crippen LogP contribution in [0.3, 0.4) is 0 Å². The maximum Gasteiger partial charge on any atom is 0.317 e. The first-order valence-electron chi connectivity index (χ1n) is 5.80. The monoisotopic (exact) mass is 198 g/mol. The maximum atomic E-state index is 11.6. The zero-order chi connectivity index (χ0) is 10.4. The topological polar surface area (TPSA) is 32.3 Å². The number of hydrogen-bond donors (Lipinski definition) is 1. The van der Waals surface area contributed by atoms with Gasteiger partial charge in [0.25, 0.3) is 0 Å². The van der Waals surface area contributed by atoms with E-state index in [9.17, 15) is 4.79 Å². The largest absolute Gasteiger partial charge is 0.338 e. The quantitative estimate of drug-likeness (QED) is 0.690. The van der Waals surface area contributed by atoms with Crippen LogP contribution in [0.2, 0.25) is 0 Å². The Kier molecular flexibility index (Phi) is 4.77. The van der Waals surface area contributed by atoms with Gasteiger partial charge in [-0.1, -0.05) is 26.7 Å². The van der Waals surface area contributed by atoms with E-state index in [-0.39, 0.29) is 6.03 Å². The van der Waals surface area contributed by atoms with Gasteiger partial charge in [-0.3, -0.25) is 0 Å². The Morgan fingerprint density at radius 1 is 1.50 bits per heavy atom. The molecule has 1 N–H and O–H groups in total. The molecule has 1 aliphatic heterocycles. The number of nitrogens with zero attached hydrogens (tertiary/aromatic N) is 1. The molecule has 2 amide bonds. The standard InChI is InChI=1S/C11H22N2O/c1-3-5-7-12-11(14)13-8-6-10(4-2)9-13/h10H,3-9H2,1-2H3,(H,12,14). The molecule has 3 heteroatoms. The number of carbonyl (C=O) groups excluding carboxylic acids is 1. The molecule has 1 rings (SSSR count). The highest BCUT2D eigenvalue weighted by Crippen LogP contribution is 2.18. The number of urea groups is 1. The lowest BCUT2D eigenvalue weighted by Gasteiger charge is -2.16. The van der Waals surface area contributed by atoms with E-state index in [0.717, 1.165) is 38.4 Å². The molecule has 0 spiro atoms. The average Bonchev–Trinajstić information content (AvgIpc) is 2.66. The number of nitrogens with one attached hydrogen (secondary N) is 1. The first-order valence-corrected chi connectivity index (χ1v) is 5.80. The van der Waals surface area contributed by atoms with Crippen molar-refractivity contribution >= 4 is 6.03 Å². The van der Waals surface area contributed by atoms with Crippen molar-refractivity contribution in [3.05, 3.63) is 0 Å². The summed E-state index contributed by atoms with van der Waals surface area (Å²) in [7, 11) is 0. The molecular weight excluding hydrogens is 176 g/mol. The summed E-state index contributed by atoms with van der Waals surface area (Å²) in [5.74, 6) is 0.729. The smallest absolute Gasteiger partial charge is 0.317 e. The molecule has 0 aromatic rings. The van der Waals surface area contributed by atoms with Crippen molar-refractivity contribution in [2.75, 3.05) is 19.6 Å². The lowest BCUT2D eigenvalue weighted by Crippen LogP contribution is -2.38. The van der Waals surface area contributed by atoms with Gasteiger partial charge >= 0.3 is 6.03 Å². The Bertz CT molecular complexity index is 182. The zero-order valence-corrected chi connectivity index (χ0v) is 9.38. The lowest BCUT2D eigenvalue weighted by atomic mass is 10.1. The predicted molar refractivity (Wildman–Crippen MR) is 58.3 cm³/mol. The summed E-state index contributed by atoms with van der Waals surface area (Å²) in [4.78, 5) is 13.5. The van der Waals surface area contributed by atoms with Crippen molar-refractivity contribution in [1.29, 1.82) is 0 Å². The molecule has 0 saturated carbocycles. The fourth-order valence-electron chi connectivity index (χ4n) is 1.83. The van der Waals surface area contributed by atoms with E-state index in [2.05, 4.69) is 19.2 Å². The van der Waals surface area contributed by atoms with Crippen LogP contribution in [0, 0.1) is 5.92 Å². The summed E-state index contributed by atoms with van der Waals surface area (Å²) in [6, 6.07) is 0.134. The van der Waals surface area contributed by atoms with Gasteiger partial charge in [0.05, 0.1) is 0 Å². The van der Waals surface area contributed by atoms with Gasteiger partial charge in [0.1, 0.15) is 0 Å². The number of likely N-dealkylation sites (tertiary alicyclic amines) is 1. The Balaban J connectivity index is 2.18. The van der Waals surface area contributed by atoms with Crippen LogP contribution in [0.1, 0.15) is 39.5 Å². The van der Waals surface area contributed by atoms with Crippen molar-refractivity contribution in [2.24, 2.45) is 5.92 Å². The third-order valence-electron chi connectivity index (χ3n) is 2.96. The average molecular weight is 198 g/mol. The van der Waals surface area contributed by atoms with Crippen LogP contribution in [0.5, 0.6) is 0 Å². The molecule has 1 aliphatic rings. The number of hydrogen-bond acceptors (Lipinski definition) is 1. The Morgan fingerprint density at radius 3 is 2.86 bits per heavy atom. The molecule has 0 bridgehead atoms. The molecule has 0 aliphatic carbocycles. The summed E-state index contributed by atoms with van der Waals surface area (Å²) in [5, 5.41) is 2.96. The number of carbonyl (C=O) groups is 1. The van der Waals surface area contributed by atoms with Gasteiger partial charge in [-0.25, -0.2) is 4.79 Å². The fraction of sp³-hybridized carbons (Fsp3) is 0.909. The second-order valence-electron chi connectivity index (χ2n) is 4.09. The molecule has 1 fully saturated rings. The normalized spacial score (nSPS) is 21.3. The molecule has 3 nitrogen and oxygen atoms in total. The van der Waals surface area contributed by atoms with Crippen molar-refractivity contribution in [2.45, 2.75) is 39.5 Å². The highest BCUT2D eigenvalue weighted by Gasteiger charge is 2.24. The van der Waals surface area contributed by atoms with E-state index in [1.807, 2.05) is 4.90 Å². The van der Waals surface area contributed by atoms with Crippen LogP contribution in [0.15, 0.2) is 0 Å². The van der Waals surface area contributed by atoms with Crippen molar-refractivity contribution in [3.8, 4) is 0 Å². The first kappa shape index (κ1) is 11.3. The number of rotatable bonds is 4. The van der Waals surface area contributed by atoms with Crippen LogP contribution in [-0.4, -0.2) is 30.6 Å².